The molecule has 0 fully saturated rings. The molecule has 1 aromatic rings. The van der Waals surface area contributed by atoms with Gasteiger partial charge in [-0.15, -0.1) is 0 Å². The first kappa shape index (κ1) is 16.1. The summed E-state index contributed by atoms with van der Waals surface area (Å²) in [5, 5.41) is 0. The molecule has 0 amide bonds. The van der Waals surface area contributed by atoms with Crippen LogP contribution in [0.3, 0.4) is 0 Å². The van der Waals surface area contributed by atoms with E-state index in [1.165, 1.54) is 19.2 Å². The molecular weight excluding hydrogens is 315 g/mol. The number of esters is 1. The lowest BCUT2D eigenvalue weighted by atomic mass is 9.98. The number of carbonyl (C=O) groups excluding carboxylic acids is 1. The summed E-state index contributed by atoms with van der Waals surface area (Å²) in [5.41, 5.74) is 1.35. The van der Waals surface area contributed by atoms with Gasteiger partial charge in [0.25, 0.3) is 0 Å². The highest BCUT2D eigenvalue weighted by Gasteiger charge is 2.24. The third-order valence-electron chi connectivity index (χ3n) is 2.82. The van der Waals surface area contributed by atoms with Crippen LogP contribution < -0.4 is 0 Å². The Morgan fingerprint density at radius 3 is 2.58 bits per heavy atom. The molecule has 5 heteroatoms. The van der Waals surface area contributed by atoms with Crippen LogP contribution in [0.5, 0.6) is 0 Å². The molecule has 0 aromatic heterocycles. The number of hydrogen-bond donors (Lipinski definition) is 0. The molecule has 0 heterocycles. The third-order valence-corrected chi connectivity index (χ3v) is 3.68. The fourth-order valence-corrected chi connectivity index (χ4v) is 2.50. The smallest absolute Gasteiger partial charge is 0.324 e. The lowest BCUT2D eigenvalue weighted by Gasteiger charge is -2.21. The number of alkyl halides is 1. The molecule has 3 nitrogen and oxygen atoms in total. The SMILES string of the molecule is CCOC(CC)c1ccc(F)cc1C(Br)C(=O)OC. The van der Waals surface area contributed by atoms with Crippen LogP contribution in [0, 0.1) is 5.82 Å². The molecule has 1 rings (SSSR count). The van der Waals surface area contributed by atoms with Gasteiger partial charge in [-0.25, -0.2) is 4.39 Å². The minimum atomic E-state index is -0.697. The first-order chi connectivity index (χ1) is 9.04. The van der Waals surface area contributed by atoms with Crippen LogP contribution in [0.15, 0.2) is 18.2 Å². The van der Waals surface area contributed by atoms with Gasteiger partial charge in [0, 0.05) is 6.61 Å². The Bertz CT molecular complexity index is 437. The van der Waals surface area contributed by atoms with Crippen molar-refractivity contribution >= 4 is 21.9 Å². The normalized spacial score (nSPS) is 13.9. The van der Waals surface area contributed by atoms with E-state index in [4.69, 9.17) is 4.74 Å². The van der Waals surface area contributed by atoms with Crippen molar-refractivity contribution in [3.63, 3.8) is 0 Å². The summed E-state index contributed by atoms with van der Waals surface area (Å²) < 4.78 is 23.7. The summed E-state index contributed by atoms with van der Waals surface area (Å²) in [4.78, 5) is 10.9. The number of ether oxygens (including phenoxy) is 2. The van der Waals surface area contributed by atoms with Gasteiger partial charge in [-0.2, -0.15) is 0 Å². The van der Waals surface area contributed by atoms with Gasteiger partial charge < -0.3 is 9.47 Å². The lowest BCUT2D eigenvalue weighted by Crippen LogP contribution is -2.14. The van der Waals surface area contributed by atoms with Crippen molar-refractivity contribution < 1.29 is 18.7 Å². The summed E-state index contributed by atoms with van der Waals surface area (Å²) in [6.45, 7) is 4.44. The van der Waals surface area contributed by atoms with E-state index in [2.05, 4.69) is 20.7 Å². The van der Waals surface area contributed by atoms with E-state index in [-0.39, 0.29) is 6.10 Å². The number of rotatable bonds is 6. The molecule has 0 saturated heterocycles. The maximum absolute atomic E-state index is 13.4. The van der Waals surface area contributed by atoms with Gasteiger partial charge in [0.1, 0.15) is 10.6 Å². The predicted octanol–water partition coefficient (Wildman–Crippen LogP) is 3.92. The van der Waals surface area contributed by atoms with Crippen LogP contribution >= 0.6 is 15.9 Å². The minimum absolute atomic E-state index is 0.162. The van der Waals surface area contributed by atoms with Crippen LogP contribution in [-0.4, -0.2) is 19.7 Å². The topological polar surface area (TPSA) is 35.5 Å². The Morgan fingerprint density at radius 1 is 1.37 bits per heavy atom. The molecule has 0 saturated carbocycles. The van der Waals surface area contributed by atoms with E-state index >= 15 is 0 Å². The summed E-state index contributed by atoms with van der Waals surface area (Å²) in [6, 6.07) is 4.37. The molecule has 2 unspecified atom stereocenters. The highest BCUT2D eigenvalue weighted by molar-refractivity contribution is 9.09. The monoisotopic (exact) mass is 332 g/mol. The maximum Gasteiger partial charge on any atom is 0.324 e. The first-order valence-electron chi connectivity index (χ1n) is 6.17. The molecule has 2 atom stereocenters. The van der Waals surface area contributed by atoms with E-state index in [9.17, 15) is 9.18 Å². The van der Waals surface area contributed by atoms with Crippen LogP contribution in [0.25, 0.3) is 0 Å². The van der Waals surface area contributed by atoms with Gasteiger partial charge in [0.15, 0.2) is 0 Å². The van der Waals surface area contributed by atoms with E-state index < -0.39 is 16.6 Å². The molecule has 19 heavy (non-hydrogen) atoms. The molecule has 106 valence electrons. The van der Waals surface area contributed by atoms with Crippen LogP contribution in [0.1, 0.15) is 42.3 Å². The van der Waals surface area contributed by atoms with Gasteiger partial charge >= 0.3 is 5.97 Å². The Labute approximate surface area is 121 Å². The number of carbonyl (C=O) groups is 1. The fraction of sp³-hybridized carbons (Fsp3) is 0.500. The quantitative estimate of drug-likeness (QED) is 0.585. The number of hydrogen-bond acceptors (Lipinski definition) is 3. The average molecular weight is 333 g/mol. The maximum atomic E-state index is 13.4. The van der Waals surface area contributed by atoms with Gasteiger partial charge in [0.05, 0.1) is 13.2 Å². The molecule has 0 aliphatic rings. The second kappa shape index (κ2) is 7.60. The molecule has 0 bridgehead atoms. The van der Waals surface area contributed by atoms with Crippen LogP contribution in [0.4, 0.5) is 4.39 Å². The van der Waals surface area contributed by atoms with Crippen molar-refractivity contribution in [1.82, 2.24) is 0 Å². The summed E-state index contributed by atoms with van der Waals surface area (Å²) in [7, 11) is 1.30. The van der Waals surface area contributed by atoms with E-state index in [1.807, 2.05) is 13.8 Å². The van der Waals surface area contributed by atoms with Crippen LogP contribution in [-0.2, 0) is 14.3 Å². The standard InChI is InChI=1S/C14H18BrFO3/c1-4-12(19-5-2)10-7-6-9(16)8-11(10)13(15)14(17)18-3/h6-8,12-13H,4-5H2,1-3H3. The molecule has 0 aliphatic carbocycles. The van der Waals surface area contributed by atoms with E-state index in [0.29, 0.717) is 12.2 Å². The van der Waals surface area contributed by atoms with Crippen molar-refractivity contribution in [1.29, 1.82) is 0 Å². The van der Waals surface area contributed by atoms with Crippen molar-refractivity contribution in [3.05, 3.63) is 35.1 Å². The summed E-state index contributed by atoms with van der Waals surface area (Å²) in [6.07, 6.45) is 0.582. The largest absolute Gasteiger partial charge is 0.468 e. The molecule has 0 radical (unpaired) electrons. The van der Waals surface area contributed by atoms with Gasteiger partial charge in [-0.3, -0.25) is 4.79 Å². The molecule has 0 aliphatic heterocycles. The van der Waals surface area contributed by atoms with Crippen molar-refractivity contribution in [2.45, 2.75) is 31.2 Å². The molecular formula is C14H18BrFO3. The lowest BCUT2D eigenvalue weighted by molar-refractivity contribution is -0.139. The zero-order chi connectivity index (χ0) is 14.4. The number of halogens is 2. The Balaban J connectivity index is 3.20. The zero-order valence-corrected chi connectivity index (χ0v) is 12.9. The fourth-order valence-electron chi connectivity index (χ4n) is 1.92. The Morgan fingerprint density at radius 2 is 2.05 bits per heavy atom. The minimum Gasteiger partial charge on any atom is -0.468 e. The van der Waals surface area contributed by atoms with Gasteiger partial charge in [-0.1, -0.05) is 28.9 Å². The van der Waals surface area contributed by atoms with Crippen molar-refractivity contribution in [3.8, 4) is 0 Å². The summed E-state index contributed by atoms with van der Waals surface area (Å²) in [5.74, 6) is -0.850. The van der Waals surface area contributed by atoms with Crippen molar-refractivity contribution in [2.24, 2.45) is 0 Å². The second-order valence-corrected chi connectivity index (χ2v) is 4.93. The van der Waals surface area contributed by atoms with E-state index in [1.54, 1.807) is 6.07 Å². The third kappa shape index (κ3) is 4.01. The van der Waals surface area contributed by atoms with Crippen molar-refractivity contribution in [2.75, 3.05) is 13.7 Å². The highest BCUT2D eigenvalue weighted by atomic mass is 79.9. The van der Waals surface area contributed by atoms with Gasteiger partial charge in [-0.05, 0) is 36.6 Å². The second-order valence-electron chi connectivity index (χ2n) is 4.01. The number of benzene rings is 1. The highest BCUT2D eigenvalue weighted by Crippen LogP contribution is 2.34. The zero-order valence-electron chi connectivity index (χ0n) is 11.3. The van der Waals surface area contributed by atoms with Gasteiger partial charge in [0.2, 0.25) is 0 Å². The number of methoxy groups -OCH3 is 1. The first-order valence-corrected chi connectivity index (χ1v) is 7.09. The molecule has 1 aromatic carbocycles. The molecule has 0 N–H and O–H groups in total. The Kier molecular flexibility index (Phi) is 6.45. The average Bonchev–Trinajstić information content (AvgIpc) is 2.43. The van der Waals surface area contributed by atoms with Crippen LogP contribution in [0.2, 0.25) is 0 Å². The predicted molar refractivity (Wildman–Crippen MR) is 74.7 cm³/mol. The van der Waals surface area contributed by atoms with E-state index in [0.717, 1.165) is 12.0 Å². The Hall–Kier alpha value is -0.940. The molecule has 0 spiro atoms. The summed E-state index contributed by atoms with van der Waals surface area (Å²) >= 11 is 3.25.